The maximum atomic E-state index is 13.0. The Hall–Kier alpha value is -2.64. The number of hydrogen-bond acceptors (Lipinski definition) is 3. The molecule has 0 bridgehead atoms. The lowest BCUT2D eigenvalue weighted by molar-refractivity contribution is 0.0668. The fraction of sp³-hybridized carbons (Fsp3) is 0.524. The summed E-state index contributed by atoms with van der Waals surface area (Å²) in [5.74, 6) is 1.68. The number of rotatable bonds is 8. The number of aromatic nitrogens is 2. The van der Waals surface area contributed by atoms with E-state index < -0.39 is 6.55 Å². The van der Waals surface area contributed by atoms with E-state index in [9.17, 15) is 8.78 Å². The van der Waals surface area contributed by atoms with E-state index in [1.54, 1.807) is 0 Å². The number of halogens is 2. The number of nitrogens with one attached hydrogen (secondary N) is 2. The van der Waals surface area contributed by atoms with Crippen LogP contribution in [0.5, 0.6) is 5.75 Å². The molecule has 29 heavy (non-hydrogen) atoms. The molecule has 1 aliphatic rings. The molecular formula is C21H29F2N5O. The van der Waals surface area contributed by atoms with E-state index in [0.717, 1.165) is 34.3 Å². The van der Waals surface area contributed by atoms with Crippen LogP contribution in [-0.2, 0) is 13.1 Å². The van der Waals surface area contributed by atoms with E-state index in [1.165, 1.54) is 25.2 Å². The van der Waals surface area contributed by atoms with Crippen molar-refractivity contribution in [1.82, 2.24) is 20.2 Å². The first kappa shape index (κ1) is 21.1. The zero-order valence-corrected chi connectivity index (χ0v) is 17.0. The van der Waals surface area contributed by atoms with Crippen molar-refractivity contribution < 1.29 is 13.5 Å². The summed E-state index contributed by atoms with van der Waals surface area (Å²) < 4.78 is 33.0. The SMILES string of the molecule is CCNC(=NCc1ccc(C)cc1OC1CCCC1)NCc1nccn1C(F)F. The first-order valence-corrected chi connectivity index (χ1v) is 10.1. The molecule has 1 aromatic heterocycles. The topological polar surface area (TPSA) is 63.5 Å². The molecule has 2 N–H and O–H groups in total. The number of aliphatic imine (C=N–C) groups is 1. The van der Waals surface area contributed by atoms with Gasteiger partial charge in [0.15, 0.2) is 5.96 Å². The summed E-state index contributed by atoms with van der Waals surface area (Å²) in [7, 11) is 0. The summed E-state index contributed by atoms with van der Waals surface area (Å²) in [5.41, 5.74) is 2.16. The van der Waals surface area contributed by atoms with Gasteiger partial charge in [-0.15, -0.1) is 0 Å². The van der Waals surface area contributed by atoms with Crippen LogP contribution in [0.1, 0.15) is 56.1 Å². The second kappa shape index (κ2) is 10.2. The number of benzene rings is 1. The van der Waals surface area contributed by atoms with E-state index in [2.05, 4.69) is 26.7 Å². The van der Waals surface area contributed by atoms with Crippen molar-refractivity contribution in [2.75, 3.05) is 6.54 Å². The van der Waals surface area contributed by atoms with Gasteiger partial charge in [-0.1, -0.05) is 12.1 Å². The third-order valence-electron chi connectivity index (χ3n) is 4.94. The molecule has 1 aliphatic carbocycles. The van der Waals surface area contributed by atoms with Gasteiger partial charge in [-0.25, -0.2) is 9.98 Å². The highest BCUT2D eigenvalue weighted by Crippen LogP contribution is 2.28. The van der Waals surface area contributed by atoms with Gasteiger partial charge < -0.3 is 15.4 Å². The number of alkyl halides is 2. The van der Waals surface area contributed by atoms with Crippen molar-refractivity contribution in [3.63, 3.8) is 0 Å². The monoisotopic (exact) mass is 405 g/mol. The Morgan fingerprint density at radius 1 is 1.31 bits per heavy atom. The van der Waals surface area contributed by atoms with Crippen LogP contribution in [0.25, 0.3) is 0 Å². The van der Waals surface area contributed by atoms with E-state index in [4.69, 9.17) is 4.74 Å². The van der Waals surface area contributed by atoms with Crippen LogP contribution in [0.15, 0.2) is 35.6 Å². The fourth-order valence-corrected chi connectivity index (χ4v) is 3.42. The summed E-state index contributed by atoms with van der Waals surface area (Å²) in [6, 6.07) is 6.14. The van der Waals surface area contributed by atoms with Crippen molar-refractivity contribution in [3.8, 4) is 5.75 Å². The van der Waals surface area contributed by atoms with Gasteiger partial charge >= 0.3 is 6.55 Å². The smallest absolute Gasteiger partial charge is 0.319 e. The molecule has 2 aromatic rings. The average molecular weight is 405 g/mol. The molecule has 6 nitrogen and oxygen atoms in total. The predicted octanol–water partition coefficient (Wildman–Crippen LogP) is 4.16. The maximum Gasteiger partial charge on any atom is 0.319 e. The largest absolute Gasteiger partial charge is 0.490 e. The summed E-state index contributed by atoms with van der Waals surface area (Å²) in [6.45, 7) is 2.64. The molecular weight excluding hydrogens is 376 g/mol. The molecule has 0 atom stereocenters. The Morgan fingerprint density at radius 2 is 2.10 bits per heavy atom. The lowest BCUT2D eigenvalue weighted by Gasteiger charge is -2.17. The third-order valence-corrected chi connectivity index (χ3v) is 4.94. The van der Waals surface area contributed by atoms with Crippen LogP contribution >= 0.6 is 0 Å². The molecule has 0 amide bonds. The Balaban J connectivity index is 1.68. The Bertz CT molecular complexity index is 815. The normalized spacial score (nSPS) is 15.1. The summed E-state index contributed by atoms with van der Waals surface area (Å²) in [5, 5.41) is 6.22. The molecule has 8 heteroatoms. The van der Waals surface area contributed by atoms with Crippen molar-refractivity contribution in [2.45, 2.75) is 65.3 Å². The van der Waals surface area contributed by atoms with Gasteiger partial charge in [-0.05, 0) is 51.2 Å². The Kier molecular flexibility index (Phi) is 7.43. The van der Waals surface area contributed by atoms with Gasteiger partial charge in [0.25, 0.3) is 0 Å². The van der Waals surface area contributed by atoms with Gasteiger partial charge in [-0.2, -0.15) is 8.78 Å². The van der Waals surface area contributed by atoms with Gasteiger partial charge in [-0.3, -0.25) is 4.57 Å². The molecule has 0 spiro atoms. The van der Waals surface area contributed by atoms with Crippen LogP contribution in [0.3, 0.4) is 0 Å². The molecule has 0 radical (unpaired) electrons. The van der Waals surface area contributed by atoms with Crippen molar-refractivity contribution in [2.24, 2.45) is 4.99 Å². The zero-order chi connectivity index (χ0) is 20.6. The van der Waals surface area contributed by atoms with Crippen molar-refractivity contribution in [1.29, 1.82) is 0 Å². The summed E-state index contributed by atoms with van der Waals surface area (Å²) >= 11 is 0. The molecule has 1 heterocycles. The lowest BCUT2D eigenvalue weighted by Crippen LogP contribution is -2.37. The maximum absolute atomic E-state index is 13.0. The minimum Gasteiger partial charge on any atom is -0.490 e. The molecule has 1 fully saturated rings. The predicted molar refractivity (Wildman–Crippen MR) is 109 cm³/mol. The molecule has 3 rings (SSSR count). The molecule has 158 valence electrons. The number of ether oxygens (including phenoxy) is 1. The summed E-state index contributed by atoms with van der Waals surface area (Å²) in [6.07, 6.45) is 7.53. The first-order chi connectivity index (χ1) is 14.1. The van der Waals surface area contributed by atoms with E-state index in [0.29, 0.717) is 19.0 Å². The van der Waals surface area contributed by atoms with Crippen LogP contribution in [-0.4, -0.2) is 28.2 Å². The minimum absolute atomic E-state index is 0.155. The molecule has 1 aromatic carbocycles. The highest BCUT2D eigenvalue weighted by atomic mass is 19.3. The van der Waals surface area contributed by atoms with E-state index in [1.807, 2.05) is 26.0 Å². The number of imidazole rings is 1. The second-order valence-corrected chi connectivity index (χ2v) is 7.21. The van der Waals surface area contributed by atoms with Gasteiger partial charge in [0.1, 0.15) is 11.6 Å². The van der Waals surface area contributed by atoms with Gasteiger partial charge in [0, 0.05) is 24.5 Å². The molecule has 0 saturated heterocycles. The quantitative estimate of drug-likeness (QED) is 0.511. The van der Waals surface area contributed by atoms with Crippen LogP contribution < -0.4 is 15.4 Å². The Morgan fingerprint density at radius 3 is 2.83 bits per heavy atom. The lowest BCUT2D eigenvalue weighted by atomic mass is 10.1. The highest BCUT2D eigenvalue weighted by molar-refractivity contribution is 5.79. The van der Waals surface area contributed by atoms with E-state index >= 15 is 0 Å². The van der Waals surface area contributed by atoms with Crippen LogP contribution in [0, 0.1) is 6.92 Å². The second-order valence-electron chi connectivity index (χ2n) is 7.21. The molecule has 1 saturated carbocycles. The van der Waals surface area contributed by atoms with E-state index in [-0.39, 0.29) is 18.5 Å². The fourth-order valence-electron chi connectivity index (χ4n) is 3.42. The van der Waals surface area contributed by atoms with Crippen LogP contribution in [0.4, 0.5) is 8.78 Å². The van der Waals surface area contributed by atoms with Gasteiger partial charge in [0.2, 0.25) is 0 Å². The molecule has 0 unspecified atom stereocenters. The number of aryl methyl sites for hydroxylation is 1. The zero-order valence-electron chi connectivity index (χ0n) is 17.0. The highest BCUT2D eigenvalue weighted by Gasteiger charge is 2.18. The van der Waals surface area contributed by atoms with Crippen molar-refractivity contribution in [3.05, 3.63) is 47.5 Å². The molecule has 0 aliphatic heterocycles. The third kappa shape index (κ3) is 5.92. The number of guanidine groups is 1. The van der Waals surface area contributed by atoms with Crippen molar-refractivity contribution >= 4 is 5.96 Å². The standard InChI is InChI=1S/C21H29F2N5O/c1-3-24-21(27-14-19-25-10-11-28(19)20(22)23)26-13-16-9-8-15(2)12-18(16)29-17-6-4-5-7-17/h8-12,17,20H,3-7,13-14H2,1-2H3,(H2,24,26,27). The minimum atomic E-state index is -2.61. The van der Waals surface area contributed by atoms with Gasteiger partial charge in [0.05, 0.1) is 19.2 Å². The summed E-state index contributed by atoms with van der Waals surface area (Å²) in [4.78, 5) is 8.60. The number of nitrogens with zero attached hydrogens (tertiary/aromatic N) is 3. The number of hydrogen-bond donors (Lipinski definition) is 2. The Labute approximate surface area is 170 Å². The van der Waals surface area contributed by atoms with Crippen LogP contribution in [0.2, 0.25) is 0 Å². The average Bonchev–Trinajstić information content (AvgIpc) is 3.37. The first-order valence-electron chi connectivity index (χ1n) is 10.1.